The smallest absolute Gasteiger partial charge is 0.0678 e. The van der Waals surface area contributed by atoms with Crippen LogP contribution in [0.1, 0.15) is 46.5 Å². The third kappa shape index (κ3) is 3.94. The number of hydrogen-bond acceptors (Lipinski definition) is 3. The summed E-state index contributed by atoms with van der Waals surface area (Å²) in [7, 11) is 0. The van der Waals surface area contributed by atoms with E-state index in [1.807, 2.05) is 0 Å². The fourth-order valence-electron chi connectivity index (χ4n) is 3.62. The highest BCUT2D eigenvalue weighted by Gasteiger charge is 2.30. The maximum absolute atomic E-state index is 5.82. The fraction of sp³-hybridized carbons (Fsp3) is 1.00. The van der Waals surface area contributed by atoms with Gasteiger partial charge in [-0.15, -0.1) is 0 Å². The van der Waals surface area contributed by atoms with Crippen LogP contribution >= 0.6 is 0 Å². The van der Waals surface area contributed by atoms with Crippen LogP contribution in [0, 0.1) is 5.92 Å². The van der Waals surface area contributed by atoms with E-state index in [1.54, 1.807) is 0 Å². The SMILES string of the molecule is CCCNC1CCCC1CN1CC(C)OC(C)C1. The van der Waals surface area contributed by atoms with Crippen LogP contribution in [-0.4, -0.2) is 49.3 Å². The van der Waals surface area contributed by atoms with Gasteiger partial charge in [0.1, 0.15) is 0 Å². The number of morpholine rings is 1. The molecule has 106 valence electrons. The van der Waals surface area contributed by atoms with E-state index < -0.39 is 0 Å². The first kappa shape index (κ1) is 14.3. The Morgan fingerprint density at radius 2 is 1.89 bits per heavy atom. The molecule has 2 rings (SSSR count). The first-order valence-corrected chi connectivity index (χ1v) is 7.80. The van der Waals surface area contributed by atoms with Crippen LogP contribution < -0.4 is 5.32 Å². The first-order chi connectivity index (χ1) is 8.69. The number of nitrogens with one attached hydrogen (secondary N) is 1. The molecule has 18 heavy (non-hydrogen) atoms. The van der Waals surface area contributed by atoms with Gasteiger partial charge in [-0.2, -0.15) is 0 Å². The minimum Gasteiger partial charge on any atom is -0.373 e. The van der Waals surface area contributed by atoms with Gasteiger partial charge in [0.05, 0.1) is 12.2 Å². The molecule has 0 aromatic carbocycles. The topological polar surface area (TPSA) is 24.5 Å². The van der Waals surface area contributed by atoms with Crippen LogP contribution in [0.25, 0.3) is 0 Å². The first-order valence-electron chi connectivity index (χ1n) is 7.80. The molecule has 4 unspecified atom stereocenters. The van der Waals surface area contributed by atoms with Gasteiger partial charge in [0.25, 0.3) is 0 Å². The summed E-state index contributed by atoms with van der Waals surface area (Å²) in [6.45, 7) is 11.3. The van der Waals surface area contributed by atoms with Gasteiger partial charge in [-0.3, -0.25) is 4.90 Å². The van der Waals surface area contributed by atoms with Crippen molar-refractivity contribution in [2.75, 3.05) is 26.2 Å². The van der Waals surface area contributed by atoms with Crippen LogP contribution in [0.2, 0.25) is 0 Å². The average molecular weight is 254 g/mol. The lowest BCUT2D eigenvalue weighted by atomic mass is 10.0. The highest BCUT2D eigenvalue weighted by Crippen LogP contribution is 2.27. The number of hydrogen-bond donors (Lipinski definition) is 1. The van der Waals surface area contributed by atoms with Gasteiger partial charge < -0.3 is 10.1 Å². The van der Waals surface area contributed by atoms with Crippen LogP contribution in [-0.2, 0) is 4.74 Å². The van der Waals surface area contributed by atoms with E-state index in [1.165, 1.54) is 38.8 Å². The second-order valence-electron chi connectivity index (χ2n) is 6.23. The molecular weight excluding hydrogens is 224 g/mol. The third-order valence-electron chi connectivity index (χ3n) is 4.30. The second kappa shape index (κ2) is 6.88. The normalized spacial score (nSPS) is 38.2. The summed E-state index contributed by atoms with van der Waals surface area (Å²) >= 11 is 0. The maximum atomic E-state index is 5.82. The summed E-state index contributed by atoms with van der Waals surface area (Å²) in [6, 6.07) is 0.762. The molecule has 3 heteroatoms. The molecule has 1 aliphatic heterocycles. The second-order valence-corrected chi connectivity index (χ2v) is 6.23. The summed E-state index contributed by atoms with van der Waals surface area (Å²) in [4.78, 5) is 2.62. The third-order valence-corrected chi connectivity index (χ3v) is 4.30. The monoisotopic (exact) mass is 254 g/mol. The van der Waals surface area contributed by atoms with Crippen LogP contribution in [0.15, 0.2) is 0 Å². The molecule has 2 aliphatic rings. The van der Waals surface area contributed by atoms with E-state index in [-0.39, 0.29) is 0 Å². The van der Waals surface area contributed by atoms with Crippen molar-refractivity contribution in [3.05, 3.63) is 0 Å². The standard InChI is InChI=1S/C15H30N2O/c1-4-8-16-15-7-5-6-14(15)11-17-9-12(2)18-13(3)10-17/h12-16H,4-11H2,1-3H3. The number of rotatable bonds is 5. The summed E-state index contributed by atoms with van der Waals surface area (Å²) in [5.41, 5.74) is 0. The molecule has 0 aromatic heterocycles. The summed E-state index contributed by atoms with van der Waals surface area (Å²) in [5.74, 6) is 0.856. The molecule has 1 heterocycles. The average Bonchev–Trinajstić information content (AvgIpc) is 2.72. The van der Waals surface area contributed by atoms with Gasteiger partial charge in [0.2, 0.25) is 0 Å². The van der Waals surface area contributed by atoms with Crippen LogP contribution in [0.4, 0.5) is 0 Å². The Labute approximate surface area is 112 Å². The molecule has 0 radical (unpaired) electrons. The van der Waals surface area contributed by atoms with Gasteiger partial charge in [0, 0.05) is 25.7 Å². The van der Waals surface area contributed by atoms with Crippen LogP contribution in [0.5, 0.6) is 0 Å². The Hall–Kier alpha value is -0.120. The maximum Gasteiger partial charge on any atom is 0.0678 e. The van der Waals surface area contributed by atoms with Crippen molar-refractivity contribution in [1.29, 1.82) is 0 Å². The highest BCUT2D eigenvalue weighted by atomic mass is 16.5. The molecule has 1 aliphatic carbocycles. The summed E-state index contributed by atoms with van der Waals surface area (Å²) in [5, 5.41) is 3.74. The van der Waals surface area contributed by atoms with Crippen molar-refractivity contribution in [2.45, 2.75) is 64.7 Å². The van der Waals surface area contributed by atoms with E-state index in [9.17, 15) is 0 Å². The van der Waals surface area contributed by atoms with Crippen molar-refractivity contribution in [1.82, 2.24) is 10.2 Å². The van der Waals surface area contributed by atoms with E-state index in [0.29, 0.717) is 12.2 Å². The Balaban J connectivity index is 1.80. The Kier molecular flexibility index (Phi) is 5.46. The Bertz CT molecular complexity index is 237. The molecule has 0 bridgehead atoms. The number of nitrogens with zero attached hydrogens (tertiary/aromatic N) is 1. The molecule has 4 atom stereocenters. The molecule has 0 aromatic rings. The van der Waals surface area contributed by atoms with Crippen molar-refractivity contribution in [3.63, 3.8) is 0 Å². The van der Waals surface area contributed by atoms with Gasteiger partial charge in [-0.1, -0.05) is 13.3 Å². The van der Waals surface area contributed by atoms with Crippen molar-refractivity contribution < 1.29 is 4.74 Å². The lowest BCUT2D eigenvalue weighted by Gasteiger charge is -2.37. The van der Waals surface area contributed by atoms with E-state index in [2.05, 4.69) is 31.0 Å². The lowest BCUT2D eigenvalue weighted by Crippen LogP contribution is -2.49. The molecule has 0 amide bonds. The molecule has 2 fully saturated rings. The predicted octanol–water partition coefficient (Wildman–Crippen LogP) is 2.26. The van der Waals surface area contributed by atoms with Crippen LogP contribution in [0.3, 0.4) is 0 Å². The van der Waals surface area contributed by atoms with Gasteiger partial charge >= 0.3 is 0 Å². The van der Waals surface area contributed by atoms with Crippen molar-refractivity contribution >= 4 is 0 Å². The van der Waals surface area contributed by atoms with E-state index in [0.717, 1.165) is 25.0 Å². The molecule has 3 nitrogen and oxygen atoms in total. The largest absolute Gasteiger partial charge is 0.373 e. The minimum absolute atomic E-state index is 0.400. The fourth-order valence-corrected chi connectivity index (χ4v) is 3.62. The zero-order chi connectivity index (χ0) is 13.0. The Morgan fingerprint density at radius 1 is 1.17 bits per heavy atom. The van der Waals surface area contributed by atoms with Gasteiger partial charge in [0.15, 0.2) is 0 Å². The zero-order valence-electron chi connectivity index (χ0n) is 12.3. The molecule has 1 saturated carbocycles. The number of ether oxygens (including phenoxy) is 1. The van der Waals surface area contributed by atoms with Crippen molar-refractivity contribution in [3.8, 4) is 0 Å². The highest BCUT2D eigenvalue weighted by molar-refractivity contribution is 4.86. The van der Waals surface area contributed by atoms with E-state index in [4.69, 9.17) is 4.74 Å². The zero-order valence-corrected chi connectivity index (χ0v) is 12.3. The summed E-state index contributed by atoms with van der Waals surface area (Å²) < 4.78 is 5.82. The van der Waals surface area contributed by atoms with E-state index >= 15 is 0 Å². The molecule has 1 saturated heterocycles. The van der Waals surface area contributed by atoms with Crippen molar-refractivity contribution in [2.24, 2.45) is 5.92 Å². The molecule has 0 spiro atoms. The quantitative estimate of drug-likeness (QED) is 0.814. The summed E-state index contributed by atoms with van der Waals surface area (Å²) in [6.07, 6.45) is 6.23. The lowest BCUT2D eigenvalue weighted by molar-refractivity contribution is -0.0719. The molecular formula is C15H30N2O. The Morgan fingerprint density at radius 3 is 2.56 bits per heavy atom. The minimum atomic E-state index is 0.400. The van der Waals surface area contributed by atoms with Gasteiger partial charge in [-0.05, 0) is 45.6 Å². The molecule has 1 N–H and O–H groups in total. The van der Waals surface area contributed by atoms with Gasteiger partial charge in [-0.25, -0.2) is 0 Å². The predicted molar refractivity (Wildman–Crippen MR) is 75.9 cm³/mol.